The zero-order chi connectivity index (χ0) is 24.6. The quantitative estimate of drug-likeness (QED) is 0.179. The molecule has 7 nitrogen and oxygen atoms in total. The molecule has 0 saturated heterocycles. The van der Waals surface area contributed by atoms with Crippen molar-refractivity contribution in [3.05, 3.63) is 102 Å². The first-order valence-electron chi connectivity index (χ1n) is 10.5. The van der Waals surface area contributed by atoms with Crippen LogP contribution in [0.4, 0.5) is 21.5 Å². The molecule has 3 aromatic carbocycles. The number of benzene rings is 2. The molecule has 0 fully saturated rings. The predicted molar refractivity (Wildman–Crippen MR) is 128 cm³/mol. The molecular weight excluding hydrogens is 463 g/mol. The average Bonchev–Trinajstić information content (AvgIpc) is 3.26. The molecule has 0 radical (unpaired) electrons. The third-order valence-electron chi connectivity index (χ3n) is 5.43. The molecule has 0 saturated carbocycles. The van der Waals surface area contributed by atoms with Crippen molar-refractivity contribution in [3.63, 3.8) is 0 Å². The number of aromatic hydroxyl groups is 1. The first kappa shape index (κ1) is 23.3. The van der Waals surface area contributed by atoms with Crippen LogP contribution in [0.15, 0.2) is 62.5 Å². The Morgan fingerprint density at radius 1 is 1.09 bits per heavy atom. The monoisotopic (exact) mass is 482 g/mol. The molecule has 0 spiro atoms. The highest BCUT2D eigenvalue weighted by atomic mass is 35.5. The van der Waals surface area contributed by atoms with E-state index >= 15 is 0 Å². The Kier molecular flexibility index (Phi) is 6.26. The van der Waals surface area contributed by atoms with Crippen LogP contribution in [-0.4, -0.2) is 10.9 Å². The molecular formula is C25H20ClFN2O5. The van der Waals surface area contributed by atoms with Crippen LogP contribution in [0, 0.1) is 12.7 Å². The molecule has 0 aliphatic rings. The Bertz CT molecular complexity index is 1450. The summed E-state index contributed by atoms with van der Waals surface area (Å²) in [5, 5.41) is 16.7. The normalized spacial score (nSPS) is 12.0. The van der Waals surface area contributed by atoms with Gasteiger partial charge in [-0.2, -0.15) is 0 Å². The van der Waals surface area contributed by atoms with Gasteiger partial charge in [-0.05, 0) is 55.8 Å². The van der Waals surface area contributed by atoms with E-state index in [1.54, 1.807) is 19.1 Å². The third kappa shape index (κ3) is 4.32. The standard InChI is InChI=1S/C25H20ClFN2O5/c1-3-17(19-9-4-12(2)34-19)28-20-21(25(33)24(20)32)29-18-11-15(27)10-16(23(18)31)22(30)13-5-7-14(26)8-6-13/h4-11,17,28-29,31H,3H2,1-2H3/t17-/m1/s1. The van der Waals surface area contributed by atoms with Gasteiger partial charge < -0.3 is 20.2 Å². The van der Waals surface area contributed by atoms with Crippen LogP contribution in [0.5, 0.6) is 5.75 Å². The Morgan fingerprint density at radius 2 is 1.76 bits per heavy atom. The number of anilines is 3. The first-order chi connectivity index (χ1) is 16.2. The predicted octanol–water partition coefficient (Wildman–Crippen LogP) is 5.22. The maximum atomic E-state index is 14.4. The van der Waals surface area contributed by atoms with Crippen molar-refractivity contribution < 1.29 is 18.7 Å². The number of nitrogens with one attached hydrogen (secondary N) is 2. The van der Waals surface area contributed by atoms with Crippen LogP contribution < -0.4 is 21.5 Å². The van der Waals surface area contributed by atoms with E-state index in [-0.39, 0.29) is 34.2 Å². The van der Waals surface area contributed by atoms with Crippen molar-refractivity contribution in [2.45, 2.75) is 26.3 Å². The van der Waals surface area contributed by atoms with Gasteiger partial charge in [-0.25, -0.2) is 4.39 Å². The summed E-state index contributed by atoms with van der Waals surface area (Å²) in [6, 6.07) is 10.9. The summed E-state index contributed by atoms with van der Waals surface area (Å²) in [6.07, 6.45) is 0.552. The number of hydrogen-bond donors (Lipinski definition) is 3. The van der Waals surface area contributed by atoms with Crippen molar-refractivity contribution in [3.8, 4) is 5.75 Å². The summed E-state index contributed by atoms with van der Waals surface area (Å²) in [4.78, 5) is 37.3. The van der Waals surface area contributed by atoms with Crippen molar-refractivity contribution in [1.29, 1.82) is 0 Å². The number of aryl methyl sites for hydroxylation is 1. The van der Waals surface area contributed by atoms with Crippen LogP contribution in [0.25, 0.3) is 0 Å². The highest BCUT2D eigenvalue weighted by Gasteiger charge is 2.27. The Hall–Kier alpha value is -3.91. The van der Waals surface area contributed by atoms with E-state index in [1.165, 1.54) is 24.3 Å². The Balaban J connectivity index is 1.66. The molecule has 1 heterocycles. The molecule has 0 bridgehead atoms. The fourth-order valence-electron chi connectivity index (χ4n) is 3.60. The van der Waals surface area contributed by atoms with Gasteiger partial charge in [0.25, 0.3) is 10.9 Å². The molecule has 0 amide bonds. The van der Waals surface area contributed by atoms with Crippen LogP contribution >= 0.6 is 11.6 Å². The number of phenols is 1. The van der Waals surface area contributed by atoms with Gasteiger partial charge in [0, 0.05) is 16.7 Å². The molecule has 4 rings (SSSR count). The number of hydrogen-bond acceptors (Lipinski definition) is 7. The summed E-state index contributed by atoms with van der Waals surface area (Å²) < 4.78 is 20.0. The Morgan fingerprint density at radius 3 is 2.38 bits per heavy atom. The second-order valence-corrected chi connectivity index (χ2v) is 8.21. The lowest BCUT2D eigenvalue weighted by atomic mass is 10.0. The molecule has 4 aromatic rings. The van der Waals surface area contributed by atoms with Crippen molar-refractivity contribution >= 4 is 34.4 Å². The molecule has 0 unspecified atom stereocenters. The number of furan rings is 1. The van der Waals surface area contributed by atoms with Crippen molar-refractivity contribution in [2.24, 2.45) is 0 Å². The number of carbonyl (C=O) groups excluding carboxylic acids is 1. The smallest absolute Gasteiger partial charge is 0.253 e. The summed E-state index contributed by atoms with van der Waals surface area (Å²) in [6.45, 7) is 3.66. The molecule has 1 aromatic heterocycles. The lowest BCUT2D eigenvalue weighted by Crippen LogP contribution is -2.37. The zero-order valence-corrected chi connectivity index (χ0v) is 19.0. The van der Waals surface area contributed by atoms with Crippen LogP contribution in [0.3, 0.4) is 0 Å². The van der Waals surface area contributed by atoms with Gasteiger partial charge in [-0.3, -0.25) is 14.4 Å². The van der Waals surface area contributed by atoms with Gasteiger partial charge in [0.1, 0.15) is 34.5 Å². The van der Waals surface area contributed by atoms with E-state index in [0.29, 0.717) is 23.0 Å². The third-order valence-corrected chi connectivity index (χ3v) is 5.68. The van der Waals surface area contributed by atoms with Gasteiger partial charge in [0.15, 0.2) is 5.78 Å². The van der Waals surface area contributed by atoms with Gasteiger partial charge in [0.05, 0.1) is 17.3 Å². The fraction of sp³-hybridized carbons (Fsp3) is 0.160. The SMILES string of the molecule is CC[C@@H](Nc1c(Nc2cc(F)cc(C(=O)c3ccc(Cl)cc3)c2O)c(=O)c1=O)c1ccc(C)o1. The van der Waals surface area contributed by atoms with Crippen LogP contribution in [0.2, 0.25) is 5.02 Å². The van der Waals surface area contributed by atoms with E-state index in [2.05, 4.69) is 10.6 Å². The van der Waals surface area contributed by atoms with Gasteiger partial charge in [-0.15, -0.1) is 0 Å². The van der Waals surface area contributed by atoms with E-state index < -0.39 is 28.2 Å². The fourth-order valence-corrected chi connectivity index (χ4v) is 3.72. The minimum absolute atomic E-state index is 0.0138. The van der Waals surface area contributed by atoms with Crippen molar-refractivity contribution in [1.82, 2.24) is 0 Å². The first-order valence-corrected chi connectivity index (χ1v) is 10.8. The summed E-state index contributed by atoms with van der Waals surface area (Å²) in [5.74, 6) is -0.735. The zero-order valence-electron chi connectivity index (χ0n) is 18.2. The van der Waals surface area contributed by atoms with Gasteiger partial charge >= 0.3 is 0 Å². The average molecular weight is 483 g/mol. The summed E-state index contributed by atoms with van der Waals surface area (Å²) in [5.41, 5.74) is -2.09. The van der Waals surface area contributed by atoms with Crippen LogP contribution in [0.1, 0.15) is 46.8 Å². The van der Waals surface area contributed by atoms with Crippen LogP contribution in [-0.2, 0) is 0 Å². The molecule has 0 aliphatic heterocycles. The number of rotatable bonds is 8. The minimum atomic E-state index is -0.831. The molecule has 0 aliphatic carbocycles. The van der Waals surface area contributed by atoms with E-state index in [0.717, 1.165) is 12.1 Å². The molecule has 34 heavy (non-hydrogen) atoms. The van der Waals surface area contributed by atoms with E-state index in [9.17, 15) is 23.9 Å². The molecule has 9 heteroatoms. The molecule has 174 valence electrons. The highest BCUT2D eigenvalue weighted by molar-refractivity contribution is 6.30. The van der Waals surface area contributed by atoms with Gasteiger partial charge in [0.2, 0.25) is 0 Å². The van der Waals surface area contributed by atoms with Gasteiger partial charge in [-0.1, -0.05) is 18.5 Å². The second kappa shape index (κ2) is 9.15. The maximum absolute atomic E-state index is 14.4. The number of carbonyl (C=O) groups is 1. The lowest BCUT2D eigenvalue weighted by Gasteiger charge is -2.21. The van der Waals surface area contributed by atoms with Crippen molar-refractivity contribution in [2.75, 3.05) is 10.6 Å². The second-order valence-electron chi connectivity index (χ2n) is 7.77. The topological polar surface area (TPSA) is 109 Å². The number of phenolic OH excluding ortho intramolecular Hbond substituents is 1. The van der Waals surface area contributed by atoms with E-state index in [4.69, 9.17) is 16.0 Å². The summed E-state index contributed by atoms with van der Waals surface area (Å²) in [7, 11) is 0. The number of halogens is 2. The maximum Gasteiger partial charge on any atom is 0.253 e. The Labute approximate surface area is 198 Å². The molecule has 3 N–H and O–H groups in total. The molecule has 1 atom stereocenters. The number of ketones is 1. The largest absolute Gasteiger partial charge is 0.505 e. The lowest BCUT2D eigenvalue weighted by molar-refractivity contribution is 0.103. The summed E-state index contributed by atoms with van der Waals surface area (Å²) >= 11 is 5.84. The highest BCUT2D eigenvalue weighted by Crippen LogP contribution is 2.35. The minimum Gasteiger partial charge on any atom is -0.505 e. The van der Waals surface area contributed by atoms with E-state index in [1.807, 2.05) is 6.92 Å².